The van der Waals surface area contributed by atoms with E-state index in [0.29, 0.717) is 28.1 Å². The lowest BCUT2D eigenvalue weighted by atomic mass is 9.99. The maximum absolute atomic E-state index is 13.4. The van der Waals surface area contributed by atoms with Crippen LogP contribution in [0.25, 0.3) is 5.57 Å². The lowest BCUT2D eigenvalue weighted by molar-refractivity contribution is -0.110. The second kappa shape index (κ2) is 12.4. The first kappa shape index (κ1) is 28.7. The Bertz CT molecular complexity index is 1730. The SMILES string of the molecule is CN1CCN(c2ccc(N/C=C3/C(=O)Nc4cc(C(=O)c5cccc(NC(=O)N(C)c6ccccc6)c5)ccc43)cc2)CC1. The summed E-state index contributed by atoms with van der Waals surface area (Å²) in [5.74, 6) is -0.455. The number of fused-ring (bicyclic) bond motifs is 1. The summed E-state index contributed by atoms with van der Waals surface area (Å²) in [6, 6.07) is 29.2. The summed E-state index contributed by atoms with van der Waals surface area (Å²) in [5.41, 5.74) is 5.97. The van der Waals surface area contributed by atoms with E-state index in [9.17, 15) is 14.4 Å². The smallest absolute Gasteiger partial charge is 0.326 e. The maximum Gasteiger partial charge on any atom is 0.326 e. The molecule has 0 bridgehead atoms. The van der Waals surface area contributed by atoms with Crippen LogP contribution in [0.1, 0.15) is 21.5 Å². The highest BCUT2D eigenvalue weighted by Crippen LogP contribution is 2.33. The molecule has 44 heavy (non-hydrogen) atoms. The Kier molecular flexibility index (Phi) is 8.12. The topological polar surface area (TPSA) is 97.0 Å². The van der Waals surface area contributed by atoms with Crippen LogP contribution in [0.2, 0.25) is 0 Å². The number of nitrogens with zero attached hydrogens (tertiary/aromatic N) is 3. The first-order chi connectivity index (χ1) is 21.4. The first-order valence-corrected chi connectivity index (χ1v) is 14.6. The molecule has 0 aromatic heterocycles. The third-order valence-corrected chi connectivity index (χ3v) is 8.01. The summed E-state index contributed by atoms with van der Waals surface area (Å²) in [4.78, 5) is 45.2. The van der Waals surface area contributed by atoms with Crippen molar-refractivity contribution in [2.45, 2.75) is 0 Å². The van der Waals surface area contributed by atoms with Crippen LogP contribution in [-0.4, -0.2) is 62.9 Å². The maximum atomic E-state index is 13.4. The number of anilines is 5. The number of hydrogen-bond acceptors (Lipinski definition) is 6. The van der Waals surface area contributed by atoms with Gasteiger partial charge in [0.1, 0.15) is 0 Å². The van der Waals surface area contributed by atoms with Crippen LogP contribution < -0.4 is 25.8 Å². The highest BCUT2D eigenvalue weighted by atomic mass is 16.2. The summed E-state index contributed by atoms with van der Waals surface area (Å²) in [6.07, 6.45) is 1.70. The van der Waals surface area contributed by atoms with Crippen LogP contribution in [0, 0.1) is 0 Å². The van der Waals surface area contributed by atoms with Gasteiger partial charge in [-0.15, -0.1) is 0 Å². The Balaban J connectivity index is 1.12. The molecule has 4 aromatic rings. The molecular weight excluding hydrogens is 552 g/mol. The molecule has 222 valence electrons. The van der Waals surface area contributed by atoms with Gasteiger partial charge in [-0.2, -0.15) is 0 Å². The Labute approximate surface area is 256 Å². The van der Waals surface area contributed by atoms with Gasteiger partial charge in [0.2, 0.25) is 0 Å². The van der Waals surface area contributed by atoms with E-state index in [1.165, 1.54) is 10.6 Å². The van der Waals surface area contributed by atoms with Gasteiger partial charge < -0.3 is 25.8 Å². The average Bonchev–Trinajstić information content (AvgIpc) is 3.38. The van der Waals surface area contributed by atoms with E-state index in [0.717, 1.165) is 43.1 Å². The number of carbonyl (C=O) groups is 3. The second-order valence-corrected chi connectivity index (χ2v) is 11.0. The Hall–Kier alpha value is -5.41. The van der Waals surface area contributed by atoms with Crippen molar-refractivity contribution in [3.05, 3.63) is 120 Å². The minimum atomic E-state index is -0.319. The highest BCUT2D eigenvalue weighted by Gasteiger charge is 2.25. The molecule has 0 unspecified atom stereocenters. The molecule has 9 heteroatoms. The fourth-order valence-corrected chi connectivity index (χ4v) is 5.35. The minimum absolute atomic E-state index is 0.217. The van der Waals surface area contributed by atoms with Crippen molar-refractivity contribution in [3.8, 4) is 0 Å². The summed E-state index contributed by atoms with van der Waals surface area (Å²) in [5, 5.41) is 8.97. The van der Waals surface area contributed by atoms with Crippen LogP contribution >= 0.6 is 0 Å². The van der Waals surface area contributed by atoms with Crippen molar-refractivity contribution < 1.29 is 14.4 Å². The zero-order chi connectivity index (χ0) is 30.6. The van der Waals surface area contributed by atoms with Crippen LogP contribution in [0.4, 0.5) is 33.2 Å². The fourth-order valence-electron chi connectivity index (χ4n) is 5.35. The fraction of sp³-hybridized carbons (Fsp3) is 0.171. The van der Waals surface area contributed by atoms with Crippen LogP contribution in [-0.2, 0) is 4.79 Å². The number of hydrogen-bond donors (Lipinski definition) is 3. The lowest BCUT2D eigenvalue weighted by Gasteiger charge is -2.34. The number of amides is 3. The van der Waals surface area contributed by atoms with Gasteiger partial charge in [-0.1, -0.05) is 42.5 Å². The quantitative estimate of drug-likeness (QED) is 0.189. The van der Waals surface area contributed by atoms with Crippen LogP contribution in [0.3, 0.4) is 0 Å². The molecule has 1 fully saturated rings. The third-order valence-electron chi connectivity index (χ3n) is 8.01. The number of rotatable bonds is 7. The predicted octanol–water partition coefficient (Wildman–Crippen LogP) is 5.74. The molecular formula is C35H34N6O3. The molecule has 3 amide bonds. The second-order valence-electron chi connectivity index (χ2n) is 11.0. The van der Waals surface area contributed by atoms with Gasteiger partial charge in [-0.05, 0) is 61.6 Å². The van der Waals surface area contributed by atoms with Crippen molar-refractivity contribution in [1.82, 2.24) is 4.90 Å². The summed E-state index contributed by atoms with van der Waals surface area (Å²) < 4.78 is 0. The van der Waals surface area contributed by atoms with E-state index in [1.54, 1.807) is 55.7 Å². The number of likely N-dealkylation sites (N-methyl/N-ethyl adjacent to an activating group) is 1. The van der Waals surface area contributed by atoms with Gasteiger partial charge in [0, 0.05) is 84.6 Å². The summed E-state index contributed by atoms with van der Waals surface area (Å²) in [6.45, 7) is 4.10. The molecule has 4 aromatic carbocycles. The molecule has 0 spiro atoms. The average molecular weight is 587 g/mol. The molecule has 0 aliphatic carbocycles. The van der Waals surface area contributed by atoms with Crippen molar-refractivity contribution in [1.29, 1.82) is 0 Å². The Morgan fingerprint density at radius 1 is 0.818 bits per heavy atom. The van der Waals surface area contributed by atoms with E-state index < -0.39 is 0 Å². The van der Waals surface area contributed by atoms with Gasteiger partial charge in [-0.25, -0.2) is 4.79 Å². The van der Waals surface area contributed by atoms with E-state index in [4.69, 9.17) is 0 Å². The monoisotopic (exact) mass is 586 g/mol. The van der Waals surface area contributed by atoms with Crippen molar-refractivity contribution >= 4 is 51.7 Å². The van der Waals surface area contributed by atoms with Gasteiger partial charge >= 0.3 is 6.03 Å². The van der Waals surface area contributed by atoms with Crippen molar-refractivity contribution in [2.75, 3.05) is 66.0 Å². The molecule has 1 saturated heterocycles. The molecule has 3 N–H and O–H groups in total. The summed E-state index contributed by atoms with van der Waals surface area (Å²) in [7, 11) is 3.82. The predicted molar refractivity (Wildman–Crippen MR) is 177 cm³/mol. The zero-order valence-electron chi connectivity index (χ0n) is 24.7. The third kappa shape index (κ3) is 6.18. The molecule has 6 rings (SSSR count). The Morgan fingerprint density at radius 2 is 1.55 bits per heavy atom. The first-order valence-electron chi connectivity index (χ1n) is 14.6. The number of nitrogens with one attached hydrogen (secondary N) is 3. The van der Waals surface area contributed by atoms with E-state index in [2.05, 4.69) is 44.9 Å². The number of benzene rings is 4. The molecule has 9 nitrogen and oxygen atoms in total. The van der Waals surface area contributed by atoms with Crippen LogP contribution in [0.15, 0.2) is 103 Å². The van der Waals surface area contributed by atoms with E-state index >= 15 is 0 Å². The van der Waals surface area contributed by atoms with Crippen molar-refractivity contribution in [3.63, 3.8) is 0 Å². The molecule has 2 heterocycles. The molecule has 2 aliphatic rings. The van der Waals surface area contributed by atoms with Gasteiger partial charge in [-0.3, -0.25) is 14.5 Å². The molecule has 2 aliphatic heterocycles. The van der Waals surface area contributed by atoms with Gasteiger partial charge in [0.05, 0.1) is 5.57 Å². The molecule has 0 radical (unpaired) electrons. The molecule has 0 saturated carbocycles. The number of piperazine rings is 1. The normalized spacial score (nSPS) is 15.5. The highest BCUT2D eigenvalue weighted by molar-refractivity contribution is 6.32. The zero-order valence-corrected chi connectivity index (χ0v) is 24.7. The summed E-state index contributed by atoms with van der Waals surface area (Å²) >= 11 is 0. The number of ketones is 1. The standard InChI is InChI=1S/C35H34N6O3/c1-39-17-19-41(20-18-39)29-14-12-26(13-15-29)36-23-31-30-16-11-25(22-32(30)38-34(31)43)33(42)24-7-6-8-27(21-24)37-35(44)40(2)28-9-4-3-5-10-28/h3-16,21-23,36H,17-20H2,1-2H3,(H,37,44)(H,38,43)/b31-23+. The molecule has 0 atom stereocenters. The Morgan fingerprint density at radius 3 is 2.30 bits per heavy atom. The number of urea groups is 1. The lowest BCUT2D eigenvalue weighted by Crippen LogP contribution is -2.44. The van der Waals surface area contributed by atoms with E-state index in [-0.39, 0.29) is 17.7 Å². The van der Waals surface area contributed by atoms with Crippen molar-refractivity contribution in [2.24, 2.45) is 0 Å². The minimum Gasteiger partial charge on any atom is -0.369 e. The number of para-hydroxylation sites is 1. The van der Waals surface area contributed by atoms with E-state index in [1.807, 2.05) is 42.5 Å². The number of carbonyl (C=O) groups excluding carboxylic acids is 3. The van der Waals surface area contributed by atoms with Gasteiger partial charge in [0.15, 0.2) is 5.78 Å². The van der Waals surface area contributed by atoms with Gasteiger partial charge in [0.25, 0.3) is 5.91 Å². The largest absolute Gasteiger partial charge is 0.369 e. The van der Waals surface area contributed by atoms with Crippen LogP contribution in [0.5, 0.6) is 0 Å².